The number of phenols is 1. The summed E-state index contributed by atoms with van der Waals surface area (Å²) in [5, 5.41) is 19.7. The van der Waals surface area contributed by atoms with E-state index in [-0.39, 0.29) is 22.1 Å². The fourth-order valence-electron chi connectivity index (χ4n) is 3.13. The molecule has 3 aromatic rings. The highest BCUT2D eigenvalue weighted by molar-refractivity contribution is 7.86. The Bertz CT molecular complexity index is 1780. The molecule has 0 fully saturated rings. The van der Waals surface area contributed by atoms with Crippen molar-refractivity contribution in [3.63, 3.8) is 0 Å². The number of fused-ring (bicyclic) bond motifs is 1. The minimum Gasteiger partial charge on any atom is -0.505 e. The van der Waals surface area contributed by atoms with E-state index in [0.717, 1.165) is 37.3 Å². The lowest BCUT2D eigenvalue weighted by Crippen LogP contribution is -2.08. The quantitative estimate of drug-likeness (QED) is 0.144. The van der Waals surface area contributed by atoms with Crippen LogP contribution in [0.1, 0.15) is 6.92 Å². The van der Waals surface area contributed by atoms with Gasteiger partial charge in [0, 0.05) is 12.3 Å². The van der Waals surface area contributed by atoms with E-state index >= 15 is 0 Å². The normalized spacial score (nSPS) is 12.8. The molecular weight excluding hydrogens is 544 g/mol. The Kier molecular flexibility index (Phi) is 6.79. The lowest BCUT2D eigenvalue weighted by Gasteiger charge is -2.14. The van der Waals surface area contributed by atoms with Gasteiger partial charge in [0.05, 0.1) is 22.0 Å². The molecule has 0 atom stereocenters. The molecule has 15 nitrogen and oxygen atoms in total. The zero-order valence-electron chi connectivity index (χ0n) is 17.8. The number of nitrogens with zero attached hydrogens (tertiary/aromatic N) is 2. The van der Waals surface area contributed by atoms with Gasteiger partial charge in [-0.3, -0.25) is 18.5 Å². The van der Waals surface area contributed by atoms with Crippen LogP contribution in [0.15, 0.2) is 61.3 Å². The monoisotopic (exact) mass is 560 g/mol. The van der Waals surface area contributed by atoms with Crippen LogP contribution in [-0.2, 0) is 35.1 Å². The van der Waals surface area contributed by atoms with Gasteiger partial charge in [-0.15, -0.1) is 5.11 Å². The molecule has 0 aliphatic heterocycles. The van der Waals surface area contributed by atoms with Crippen molar-refractivity contribution in [3.8, 4) is 5.75 Å². The van der Waals surface area contributed by atoms with Crippen molar-refractivity contribution in [2.75, 3.05) is 11.1 Å². The minimum absolute atomic E-state index is 0.163. The maximum absolute atomic E-state index is 12.0. The number of phenolic OH excluding ortho intramolecular Hbond substituents is 1. The number of benzene rings is 3. The third kappa shape index (κ3) is 5.58. The van der Waals surface area contributed by atoms with E-state index in [9.17, 15) is 44.3 Å². The van der Waals surface area contributed by atoms with Crippen LogP contribution in [0.3, 0.4) is 0 Å². The fourth-order valence-corrected chi connectivity index (χ4v) is 4.93. The number of nitrogens with one attached hydrogen (secondary N) is 1. The van der Waals surface area contributed by atoms with E-state index in [1.54, 1.807) is 0 Å². The summed E-state index contributed by atoms with van der Waals surface area (Å²) >= 11 is 0. The van der Waals surface area contributed by atoms with Gasteiger partial charge in [0.15, 0.2) is 5.75 Å². The molecule has 1 amide bonds. The van der Waals surface area contributed by atoms with Crippen molar-refractivity contribution < 1.29 is 48.8 Å². The molecule has 0 saturated heterocycles. The molecule has 0 heterocycles. The number of nitrogens with two attached hydrogens (primary N) is 1. The van der Waals surface area contributed by atoms with E-state index < -0.39 is 68.1 Å². The number of azo groups is 1. The van der Waals surface area contributed by atoms with E-state index in [4.69, 9.17) is 10.3 Å². The predicted octanol–water partition coefficient (Wildman–Crippen LogP) is 2.24. The summed E-state index contributed by atoms with van der Waals surface area (Å²) in [4.78, 5) is 9.20. The number of aromatic hydroxyl groups is 1. The zero-order valence-corrected chi connectivity index (χ0v) is 20.3. The molecule has 192 valence electrons. The van der Waals surface area contributed by atoms with Gasteiger partial charge in [-0.2, -0.15) is 30.4 Å². The molecule has 3 rings (SSSR count). The van der Waals surface area contributed by atoms with Gasteiger partial charge in [-0.25, -0.2) is 0 Å². The summed E-state index contributed by atoms with van der Waals surface area (Å²) in [6.07, 6.45) is 0. The Balaban J connectivity index is 2.34. The van der Waals surface area contributed by atoms with Crippen LogP contribution in [0.2, 0.25) is 0 Å². The van der Waals surface area contributed by atoms with E-state index in [1.165, 1.54) is 0 Å². The van der Waals surface area contributed by atoms with Crippen molar-refractivity contribution in [1.82, 2.24) is 0 Å². The van der Waals surface area contributed by atoms with Crippen molar-refractivity contribution in [1.29, 1.82) is 0 Å². The Morgan fingerprint density at radius 2 is 1.47 bits per heavy atom. The molecule has 0 unspecified atom stereocenters. The number of hydrogen-bond donors (Lipinski definition) is 6. The molecule has 0 spiro atoms. The van der Waals surface area contributed by atoms with Gasteiger partial charge >= 0.3 is 0 Å². The van der Waals surface area contributed by atoms with E-state index in [0.29, 0.717) is 6.07 Å². The highest BCUT2D eigenvalue weighted by Crippen LogP contribution is 2.45. The van der Waals surface area contributed by atoms with Crippen molar-refractivity contribution in [2.24, 2.45) is 10.2 Å². The van der Waals surface area contributed by atoms with Crippen LogP contribution in [0, 0.1) is 0 Å². The molecule has 0 aliphatic carbocycles. The molecule has 0 aliphatic rings. The fraction of sp³-hybridized carbons (Fsp3) is 0.0556. The molecule has 18 heteroatoms. The topological polar surface area (TPSA) is 263 Å². The number of carbonyl (C=O) groups excluding carboxylic acids is 1. The molecule has 7 N–H and O–H groups in total. The van der Waals surface area contributed by atoms with Crippen molar-refractivity contribution >= 4 is 69.8 Å². The first-order chi connectivity index (χ1) is 16.4. The number of nitrogen functional groups attached to an aromatic ring is 1. The highest BCUT2D eigenvalue weighted by Gasteiger charge is 2.25. The number of hydrogen-bond acceptors (Lipinski definition) is 11. The zero-order chi connectivity index (χ0) is 27.2. The van der Waals surface area contributed by atoms with Gasteiger partial charge in [-0.05, 0) is 41.8 Å². The molecule has 36 heavy (non-hydrogen) atoms. The highest BCUT2D eigenvalue weighted by atomic mass is 32.2. The Labute approximate surface area is 203 Å². The van der Waals surface area contributed by atoms with Gasteiger partial charge < -0.3 is 16.2 Å². The van der Waals surface area contributed by atoms with E-state index in [1.807, 2.05) is 0 Å². The van der Waals surface area contributed by atoms with Crippen LogP contribution >= 0.6 is 0 Å². The summed E-state index contributed by atoms with van der Waals surface area (Å²) in [6.45, 7) is 1.05. The summed E-state index contributed by atoms with van der Waals surface area (Å²) in [6, 6.07) is 5.17. The summed E-state index contributed by atoms with van der Waals surface area (Å²) in [5.74, 6) is -1.68. The van der Waals surface area contributed by atoms with Crippen molar-refractivity contribution in [3.05, 3.63) is 36.4 Å². The Morgan fingerprint density at radius 1 is 0.861 bits per heavy atom. The van der Waals surface area contributed by atoms with E-state index in [2.05, 4.69) is 15.5 Å². The van der Waals surface area contributed by atoms with Crippen LogP contribution in [0.4, 0.5) is 22.7 Å². The number of anilines is 2. The van der Waals surface area contributed by atoms with Gasteiger partial charge in [0.2, 0.25) is 5.91 Å². The maximum Gasteiger partial charge on any atom is 0.296 e. The van der Waals surface area contributed by atoms with Crippen LogP contribution in [-0.4, -0.2) is 49.9 Å². The number of carbonyl (C=O) groups is 1. The Hall–Kier alpha value is -3.68. The average molecular weight is 561 g/mol. The largest absolute Gasteiger partial charge is 0.505 e. The molecular formula is C18H16N4O11S3. The second kappa shape index (κ2) is 9.08. The summed E-state index contributed by atoms with van der Waals surface area (Å²) in [5.41, 5.74) is 3.77. The number of rotatable bonds is 6. The molecule has 0 saturated carbocycles. The van der Waals surface area contributed by atoms with Crippen LogP contribution in [0.5, 0.6) is 5.75 Å². The summed E-state index contributed by atoms with van der Waals surface area (Å²) in [7, 11) is -14.6. The second-order valence-electron chi connectivity index (χ2n) is 7.17. The molecule has 3 aromatic carbocycles. The van der Waals surface area contributed by atoms with Gasteiger partial charge in [-0.1, -0.05) is 0 Å². The Morgan fingerprint density at radius 3 is 1.97 bits per heavy atom. The minimum atomic E-state index is -5.12. The second-order valence-corrected chi connectivity index (χ2v) is 11.4. The standard InChI is InChI=1S/C18H16N4O11S3/c1-8(23)20-13-7-11(34(25,26)27)4-9-5-15(36(31,32)33)17(18(24)16(9)13)22-21-10-2-3-14(12(19)6-10)35(28,29)30/h2-7,24H,19H2,1H3,(H,20,23)(H,25,26,27)(H,28,29,30)(H,31,32,33). The van der Waals surface area contributed by atoms with Gasteiger partial charge in [0.1, 0.15) is 15.5 Å². The first-order valence-corrected chi connectivity index (χ1v) is 13.6. The predicted molar refractivity (Wildman–Crippen MR) is 124 cm³/mol. The lowest BCUT2D eigenvalue weighted by molar-refractivity contribution is -0.114. The van der Waals surface area contributed by atoms with Gasteiger partial charge in [0.25, 0.3) is 30.4 Å². The third-order valence-corrected chi connectivity index (χ3v) is 7.17. The third-order valence-electron chi connectivity index (χ3n) is 4.55. The first-order valence-electron chi connectivity index (χ1n) is 9.24. The summed E-state index contributed by atoms with van der Waals surface area (Å²) < 4.78 is 98.0. The maximum atomic E-state index is 12.0. The lowest BCUT2D eigenvalue weighted by atomic mass is 10.1. The average Bonchev–Trinajstić information content (AvgIpc) is 2.69. The molecule has 0 radical (unpaired) electrons. The van der Waals surface area contributed by atoms with Crippen LogP contribution < -0.4 is 11.1 Å². The number of amides is 1. The smallest absolute Gasteiger partial charge is 0.296 e. The first kappa shape index (κ1) is 26.9. The van der Waals surface area contributed by atoms with Crippen molar-refractivity contribution in [2.45, 2.75) is 21.6 Å². The molecule has 0 aromatic heterocycles. The van der Waals surface area contributed by atoms with Crippen LogP contribution in [0.25, 0.3) is 10.8 Å². The SMILES string of the molecule is CC(=O)Nc1cc(S(=O)(=O)O)cc2cc(S(=O)(=O)O)c(N=Nc3ccc(S(=O)(=O)O)c(N)c3)c(O)c12. The molecule has 0 bridgehead atoms.